The van der Waals surface area contributed by atoms with Crippen LogP contribution in [0.4, 0.5) is 0 Å². The summed E-state index contributed by atoms with van der Waals surface area (Å²) in [6, 6.07) is -2.43. The number of amides is 8. The van der Waals surface area contributed by atoms with Crippen LogP contribution in [0.1, 0.15) is 162 Å². The molecule has 0 radical (unpaired) electrons. The molecule has 8 N–H and O–H groups in total. The Hall–Kier alpha value is -8.82. The Morgan fingerprint density at radius 1 is 0.189 bits per heavy atom. The predicted molar refractivity (Wildman–Crippen MR) is 484 cm³/mol. The largest absolute Gasteiger partial charge is 0.479 e. The van der Waals surface area contributed by atoms with E-state index in [0.717, 1.165) is 0 Å². The minimum atomic E-state index is -5.17. The first kappa shape index (κ1) is 114. The normalized spacial score (nSPS) is 23.6. The first-order valence-corrected chi connectivity index (χ1v) is 59.6. The third kappa shape index (κ3) is 44.1. The van der Waals surface area contributed by atoms with E-state index < -0.39 is 171 Å². The third-order valence-electron chi connectivity index (χ3n) is 17.5. The monoisotopic (exact) mass is 2020 g/mol. The molecule has 0 aliphatic carbocycles. The summed E-state index contributed by atoms with van der Waals surface area (Å²) in [6.45, 7) is 23.1. The van der Waals surface area contributed by atoms with E-state index in [9.17, 15) is 38.4 Å². The summed E-state index contributed by atoms with van der Waals surface area (Å²) < 4.78 is 139. The highest BCUT2D eigenvalue weighted by molar-refractivity contribution is 7.03. The zero-order valence-corrected chi connectivity index (χ0v) is 86.6. The average molecular weight is 2030 g/mol. The average Bonchev–Trinajstić information content (AvgIpc) is 0.685. The van der Waals surface area contributed by atoms with E-state index in [1.807, 2.05) is 0 Å². The standard InChI is InChI=1S/C72H136N16O36Si8/c1-17-97-57(9)81-105-49-65(89)73-33-25-41-125-113-126(42-26-34-74-66(90)50-106-82-58(10)98-18-2)116-129(45-29-37-77-69(93)53-109-85-61(13)101-21-5)118-127(114-125,43-27-35-75-67(91)51-107-83-59(11)99-19-3)120-131(47-31-39-79-71(95)55-111-87-63(15)103-23-7)121-128(115-125,44-28-36-76-68(92)52-108-84-60(12)100-20-4)119-130(117-126,46-30-38-78-70(94)54-110-86-62(14)102-22-6)123-132(122-129,124-131)48-32-40-80-72(96)56-112-88-64(16)104-24-8/h17-56H2,1-16H3,(H,73,89)(H,74,90)(H,75,91)(H,76,92)(H,77,93)(H,78,94)(H,79,95)(H,80,96)/b81-57-,82-58-,83-59-,84-60-,85-61-,86-62-,87-63-,88-64-. The molecule has 52 nitrogen and oxygen atoms in total. The fourth-order valence-electron chi connectivity index (χ4n) is 12.6. The molecule has 6 saturated heterocycles. The van der Waals surface area contributed by atoms with Gasteiger partial charge in [0.05, 0.1) is 52.9 Å². The Balaban J connectivity index is 1.96. The van der Waals surface area contributed by atoms with Crippen LogP contribution >= 0.6 is 0 Å². The molecule has 6 aliphatic heterocycles. The number of carbonyl (C=O) groups is 8. The molecule has 0 saturated carbocycles. The molecule has 0 aromatic carbocycles. The number of hydrogen-bond donors (Lipinski definition) is 8. The van der Waals surface area contributed by atoms with E-state index in [1.54, 1.807) is 111 Å². The maximum absolute atomic E-state index is 13.8. The minimum Gasteiger partial charge on any atom is -0.479 e. The lowest BCUT2D eigenvalue weighted by molar-refractivity contribution is -0.126. The summed E-state index contributed by atoms with van der Waals surface area (Å²) >= 11 is 0. The van der Waals surface area contributed by atoms with Crippen molar-refractivity contribution in [1.29, 1.82) is 0 Å². The van der Waals surface area contributed by atoms with Crippen LogP contribution in [0.15, 0.2) is 41.2 Å². The van der Waals surface area contributed by atoms with Gasteiger partial charge in [-0.3, -0.25) is 38.4 Å². The predicted octanol–water partition coefficient (Wildman–Crippen LogP) is 2.91. The van der Waals surface area contributed by atoms with Crippen LogP contribution in [-0.4, -0.2) is 323 Å². The number of nitrogens with zero attached hydrogens (tertiary/aromatic N) is 8. The molecule has 6 fully saturated rings. The number of carbonyl (C=O) groups excluding carboxylic acids is 8. The first-order chi connectivity index (χ1) is 63.3. The summed E-state index contributed by atoms with van der Waals surface area (Å²) in [5.41, 5.74) is 0. The van der Waals surface area contributed by atoms with Crippen molar-refractivity contribution in [3.05, 3.63) is 0 Å². The van der Waals surface area contributed by atoms with Crippen molar-refractivity contribution in [1.82, 2.24) is 42.5 Å². The van der Waals surface area contributed by atoms with Gasteiger partial charge in [-0.25, -0.2) is 0 Å². The molecule has 752 valence electrons. The quantitative estimate of drug-likeness (QED) is 0.0143. The van der Waals surface area contributed by atoms with Crippen LogP contribution < -0.4 is 42.5 Å². The smallest absolute Gasteiger partial charge is 0.478 e. The number of ether oxygens (including phenoxy) is 8. The maximum atomic E-state index is 13.8. The lowest BCUT2D eigenvalue weighted by Crippen LogP contribution is -2.88. The van der Waals surface area contributed by atoms with E-state index in [-0.39, 0.29) is 252 Å². The summed E-state index contributed by atoms with van der Waals surface area (Å²) in [6.07, 6.45) is -0.569. The number of rotatable bonds is 64. The summed E-state index contributed by atoms with van der Waals surface area (Å²) in [4.78, 5) is 154. The number of hydrogen-bond acceptors (Lipinski definition) is 44. The molecule has 0 aromatic heterocycles. The summed E-state index contributed by atoms with van der Waals surface area (Å²) in [5.74, 6) is -3.61. The van der Waals surface area contributed by atoms with Gasteiger partial charge in [0.15, 0.2) is 52.9 Å². The van der Waals surface area contributed by atoms with Crippen molar-refractivity contribution in [3.8, 4) is 0 Å². The van der Waals surface area contributed by atoms with Gasteiger partial charge in [0, 0.05) is 156 Å². The zero-order chi connectivity index (χ0) is 96.6. The van der Waals surface area contributed by atoms with Crippen molar-refractivity contribution >= 4 is 165 Å². The van der Waals surface area contributed by atoms with Crippen LogP contribution in [0.25, 0.3) is 0 Å². The Bertz CT molecular complexity index is 3060. The summed E-state index contributed by atoms with van der Waals surface area (Å²) in [7, 11) is -41.4. The highest BCUT2D eigenvalue weighted by Crippen LogP contribution is 2.55. The van der Waals surface area contributed by atoms with Crippen LogP contribution in [-0.2, 0) is 164 Å². The van der Waals surface area contributed by atoms with Crippen molar-refractivity contribution in [3.63, 3.8) is 0 Å². The van der Waals surface area contributed by atoms with Gasteiger partial charge in [-0.05, 0) is 107 Å². The zero-order valence-electron chi connectivity index (χ0n) is 78.6. The highest BCUT2D eigenvalue weighted by Gasteiger charge is 2.83. The fourth-order valence-corrected chi connectivity index (χ4v) is 63.0. The minimum absolute atomic E-state index is 0.0711. The number of nitrogens with one attached hydrogen (secondary N) is 8. The van der Waals surface area contributed by atoms with Gasteiger partial charge in [-0.1, -0.05) is 41.2 Å². The molecule has 0 spiro atoms. The van der Waals surface area contributed by atoms with Gasteiger partial charge in [0.1, 0.15) is 0 Å². The lowest BCUT2D eigenvalue weighted by atomic mass is 10.4. The van der Waals surface area contributed by atoms with E-state index >= 15 is 0 Å². The van der Waals surface area contributed by atoms with Gasteiger partial charge in [-0.15, -0.1) is 0 Å². The Labute approximate surface area is 777 Å². The topological polar surface area (TPSA) is 590 Å². The van der Waals surface area contributed by atoms with Gasteiger partial charge in [0.2, 0.25) is 47.2 Å². The van der Waals surface area contributed by atoms with Crippen molar-refractivity contribution in [2.45, 2.75) is 210 Å². The van der Waals surface area contributed by atoms with Crippen LogP contribution in [0.5, 0.6) is 0 Å². The summed E-state index contributed by atoms with van der Waals surface area (Å²) in [5, 5.41) is 54.1. The fraction of sp³-hybridized carbons (Fsp3) is 0.778. The molecule has 0 unspecified atom stereocenters. The van der Waals surface area contributed by atoms with Crippen LogP contribution in [0.2, 0.25) is 48.4 Å². The van der Waals surface area contributed by atoms with Gasteiger partial charge in [-0.2, -0.15) is 0 Å². The highest BCUT2D eigenvalue weighted by atomic mass is 28.6. The number of oxime groups is 8. The van der Waals surface area contributed by atoms with Gasteiger partial charge in [0.25, 0.3) is 47.3 Å². The molecule has 8 bridgehead atoms. The lowest BCUT2D eigenvalue weighted by Gasteiger charge is -2.63. The van der Waals surface area contributed by atoms with E-state index in [2.05, 4.69) is 83.8 Å². The second kappa shape index (κ2) is 61.2. The SMILES string of the molecule is CCO/C(C)=N\OCC(=O)NCCC[Si]12O[Si]3(CCCNC(=O)CO/N=C(/C)OCC)O[Si]4(CCCNC(=O)CO/N=C(/C)OCC)O[Si](CCCNC(=O)CO/N=C(/C)OCC)(O1)O[Si]1(CCCNC(=O)CO/N=C(/C)OCC)O[Si](CCCNC(=O)CO/N=C(/C)OCC)(O2)O[Si](CCCNC(=O)CO/N=C(/C)OCC)(O3)O[Si](CCCNC(=O)CO/N=C(/C)OCC)(O4)O1. The molecule has 6 rings (SSSR count). The molecule has 0 atom stereocenters. The molecule has 8 amide bonds. The molecular weight excluding hydrogens is 1890 g/mol. The van der Waals surface area contributed by atoms with Crippen LogP contribution in [0, 0.1) is 0 Å². The Kier molecular flexibility index (Phi) is 52.7. The van der Waals surface area contributed by atoms with E-state index in [4.69, 9.17) is 126 Å². The first-order valence-electron chi connectivity index (χ1n) is 44.2. The third-order valence-corrected chi connectivity index (χ3v) is 55.1. The molecule has 0 aromatic rings. The Morgan fingerprint density at radius 3 is 0.379 bits per heavy atom. The van der Waals surface area contributed by atoms with Gasteiger partial charge < -0.3 is 169 Å². The maximum Gasteiger partial charge on any atom is 0.478 e. The van der Waals surface area contributed by atoms with E-state index in [1.165, 1.54) is 0 Å². The molecule has 6 heterocycles. The van der Waals surface area contributed by atoms with Crippen molar-refractivity contribution in [2.24, 2.45) is 41.2 Å². The van der Waals surface area contributed by atoms with Crippen molar-refractivity contribution < 1.29 is 164 Å². The molecule has 132 heavy (non-hydrogen) atoms. The van der Waals surface area contributed by atoms with Crippen LogP contribution in [0.3, 0.4) is 0 Å². The van der Waals surface area contributed by atoms with E-state index in [0.29, 0.717) is 0 Å². The molecule has 60 heteroatoms. The van der Waals surface area contributed by atoms with Gasteiger partial charge >= 0.3 is 70.4 Å². The second-order valence-electron chi connectivity index (χ2n) is 28.9. The Morgan fingerprint density at radius 2 is 0.288 bits per heavy atom. The second-order valence-corrected chi connectivity index (χ2v) is 53.6. The molecule has 6 aliphatic rings. The molecular formula is C72H136N16O36Si8. The van der Waals surface area contributed by atoms with Crippen molar-refractivity contribution in [2.75, 3.05) is 158 Å².